The Morgan fingerprint density at radius 3 is 2.78 bits per heavy atom. The number of ether oxygens (including phenoxy) is 1. The maximum Gasteiger partial charge on any atom is 0.191 e. The summed E-state index contributed by atoms with van der Waals surface area (Å²) in [5.74, 6) is 3.36. The molecule has 1 saturated heterocycles. The largest absolute Gasteiger partial charge is 0.496 e. The first-order chi connectivity index (χ1) is 12.4. The summed E-state index contributed by atoms with van der Waals surface area (Å²) in [6.07, 6.45) is 0.645. The second-order valence-electron chi connectivity index (χ2n) is 6.53. The van der Waals surface area contributed by atoms with Crippen LogP contribution in [0.5, 0.6) is 5.75 Å². The van der Waals surface area contributed by atoms with Crippen LogP contribution in [-0.2, 0) is 9.84 Å². The monoisotopic (exact) mass is 527 g/mol. The molecule has 2 N–H and O–H groups in total. The Hall–Kier alpha value is -0.680. The van der Waals surface area contributed by atoms with Gasteiger partial charge in [0.2, 0.25) is 0 Å². The Morgan fingerprint density at radius 1 is 1.41 bits per heavy atom. The highest BCUT2D eigenvalue weighted by molar-refractivity contribution is 14.0. The van der Waals surface area contributed by atoms with E-state index in [-0.39, 0.29) is 41.5 Å². The average Bonchev–Trinajstić information content (AvgIpc) is 2.96. The van der Waals surface area contributed by atoms with E-state index in [0.29, 0.717) is 24.8 Å². The van der Waals surface area contributed by atoms with Crippen LogP contribution in [0, 0.1) is 5.92 Å². The van der Waals surface area contributed by atoms with Gasteiger partial charge in [0.1, 0.15) is 5.75 Å². The minimum absolute atomic E-state index is 0. The van der Waals surface area contributed by atoms with Crippen molar-refractivity contribution >= 4 is 51.5 Å². The summed E-state index contributed by atoms with van der Waals surface area (Å²) < 4.78 is 28.6. The lowest BCUT2D eigenvalue weighted by Gasteiger charge is -2.17. The maximum atomic E-state index is 11.6. The van der Waals surface area contributed by atoms with Gasteiger partial charge >= 0.3 is 0 Å². The van der Waals surface area contributed by atoms with Crippen LogP contribution in [0.15, 0.2) is 34.2 Å². The number of sulfone groups is 1. The van der Waals surface area contributed by atoms with E-state index in [1.165, 1.54) is 0 Å². The van der Waals surface area contributed by atoms with Gasteiger partial charge in [0.15, 0.2) is 15.8 Å². The predicted molar refractivity (Wildman–Crippen MR) is 124 cm³/mol. The van der Waals surface area contributed by atoms with Crippen LogP contribution in [-0.4, -0.2) is 57.9 Å². The fraction of sp³-hybridized carbons (Fsp3) is 0.611. The van der Waals surface area contributed by atoms with Crippen LogP contribution in [0.2, 0.25) is 0 Å². The summed E-state index contributed by atoms with van der Waals surface area (Å²) >= 11 is 1.76. The molecule has 2 unspecified atom stereocenters. The summed E-state index contributed by atoms with van der Waals surface area (Å²) in [6, 6.07) is 7.96. The van der Waals surface area contributed by atoms with Crippen LogP contribution in [0.1, 0.15) is 20.3 Å². The number of hydrogen-bond donors (Lipinski definition) is 2. The molecule has 0 aromatic heterocycles. The fourth-order valence-electron chi connectivity index (χ4n) is 2.69. The zero-order chi connectivity index (χ0) is 19.0. The second kappa shape index (κ2) is 12.0. The zero-order valence-electron chi connectivity index (χ0n) is 16.1. The molecular formula is C18H30IN3O3S2. The van der Waals surface area contributed by atoms with Crippen molar-refractivity contribution in [3.8, 4) is 5.75 Å². The summed E-state index contributed by atoms with van der Waals surface area (Å²) in [5.41, 5.74) is 0. The summed E-state index contributed by atoms with van der Waals surface area (Å²) in [7, 11) is -1.21. The minimum Gasteiger partial charge on any atom is -0.496 e. The molecule has 1 aliphatic rings. The average molecular weight is 527 g/mol. The number of thioether (sulfide) groups is 1. The van der Waals surface area contributed by atoms with Gasteiger partial charge < -0.3 is 15.4 Å². The Balaban J connectivity index is 0.00000364. The van der Waals surface area contributed by atoms with Crippen LogP contribution >= 0.6 is 35.7 Å². The van der Waals surface area contributed by atoms with E-state index in [2.05, 4.69) is 28.6 Å². The number of methoxy groups -OCH3 is 1. The minimum atomic E-state index is -2.89. The van der Waals surface area contributed by atoms with Crippen molar-refractivity contribution in [2.75, 3.05) is 37.5 Å². The number of halogens is 1. The first-order valence-corrected chi connectivity index (χ1v) is 11.7. The van der Waals surface area contributed by atoms with E-state index >= 15 is 0 Å². The zero-order valence-corrected chi connectivity index (χ0v) is 20.1. The molecular weight excluding hydrogens is 497 g/mol. The van der Waals surface area contributed by atoms with Crippen LogP contribution in [0.3, 0.4) is 0 Å². The van der Waals surface area contributed by atoms with Crippen molar-refractivity contribution in [1.82, 2.24) is 10.6 Å². The molecule has 0 bridgehead atoms. The first-order valence-electron chi connectivity index (χ1n) is 8.94. The standard InChI is InChI=1S/C18H29N3O3S2.HI/c1-4-19-18(21-15-9-10-26(22,23)13-15)20-11-14(2)12-25-17-8-6-5-7-16(17)24-3;/h5-8,14-15H,4,9-13H2,1-3H3,(H2,19,20,21);1H. The molecule has 0 spiro atoms. The van der Waals surface area contributed by atoms with Crippen LogP contribution in [0.4, 0.5) is 0 Å². The number of para-hydroxylation sites is 1. The molecule has 0 saturated carbocycles. The van der Waals surface area contributed by atoms with Gasteiger partial charge in [0, 0.05) is 29.8 Å². The van der Waals surface area contributed by atoms with Crippen molar-refractivity contribution in [2.45, 2.75) is 31.2 Å². The molecule has 9 heteroatoms. The van der Waals surface area contributed by atoms with Gasteiger partial charge in [-0.1, -0.05) is 19.1 Å². The molecule has 0 amide bonds. The summed E-state index contributed by atoms with van der Waals surface area (Å²) in [5, 5.41) is 6.45. The third kappa shape index (κ3) is 8.47. The number of guanidine groups is 1. The third-order valence-corrected chi connectivity index (χ3v) is 7.22. The second-order valence-corrected chi connectivity index (χ2v) is 9.82. The highest BCUT2D eigenvalue weighted by Crippen LogP contribution is 2.30. The number of rotatable bonds is 8. The van der Waals surface area contributed by atoms with Gasteiger partial charge in [-0.2, -0.15) is 0 Å². The van der Waals surface area contributed by atoms with E-state index in [0.717, 1.165) is 22.9 Å². The molecule has 1 aromatic rings. The smallest absolute Gasteiger partial charge is 0.191 e. The SMILES string of the molecule is CCNC(=NCC(C)CSc1ccccc1OC)NC1CCS(=O)(=O)C1.I. The van der Waals surface area contributed by atoms with Crippen molar-refractivity contribution in [3.63, 3.8) is 0 Å². The van der Waals surface area contributed by atoms with Gasteiger partial charge in [-0.05, 0) is 31.4 Å². The van der Waals surface area contributed by atoms with E-state index < -0.39 is 9.84 Å². The fourth-order valence-corrected chi connectivity index (χ4v) is 5.40. The maximum absolute atomic E-state index is 11.6. The lowest BCUT2D eigenvalue weighted by molar-refractivity contribution is 0.405. The van der Waals surface area contributed by atoms with Crippen molar-refractivity contribution in [2.24, 2.45) is 10.9 Å². The number of nitrogens with one attached hydrogen (secondary N) is 2. The predicted octanol–water partition coefficient (Wildman–Crippen LogP) is 2.78. The number of hydrogen-bond acceptors (Lipinski definition) is 5. The molecule has 1 fully saturated rings. The molecule has 1 aromatic carbocycles. The molecule has 6 nitrogen and oxygen atoms in total. The van der Waals surface area contributed by atoms with E-state index in [4.69, 9.17) is 4.74 Å². The Bertz CT molecular complexity index is 714. The van der Waals surface area contributed by atoms with Gasteiger partial charge in [-0.25, -0.2) is 8.42 Å². The summed E-state index contributed by atoms with van der Waals surface area (Å²) in [6.45, 7) is 5.59. The quantitative estimate of drug-likeness (QED) is 0.234. The third-order valence-electron chi connectivity index (χ3n) is 4.07. The van der Waals surface area contributed by atoms with Gasteiger partial charge in [-0.3, -0.25) is 4.99 Å². The molecule has 154 valence electrons. The van der Waals surface area contributed by atoms with Crippen molar-refractivity contribution in [1.29, 1.82) is 0 Å². The Morgan fingerprint density at radius 2 is 2.15 bits per heavy atom. The van der Waals surface area contributed by atoms with Crippen LogP contribution in [0.25, 0.3) is 0 Å². The number of benzene rings is 1. The van der Waals surface area contributed by atoms with Crippen molar-refractivity contribution in [3.05, 3.63) is 24.3 Å². The Kier molecular flexibility index (Phi) is 10.8. The molecule has 27 heavy (non-hydrogen) atoms. The Labute approximate surface area is 184 Å². The highest BCUT2D eigenvalue weighted by Gasteiger charge is 2.28. The lowest BCUT2D eigenvalue weighted by Crippen LogP contribution is -2.44. The number of aliphatic imine (C=N–C) groups is 1. The topological polar surface area (TPSA) is 79.8 Å². The lowest BCUT2D eigenvalue weighted by atomic mass is 10.2. The highest BCUT2D eigenvalue weighted by atomic mass is 127. The van der Waals surface area contributed by atoms with Gasteiger partial charge in [0.05, 0.1) is 18.6 Å². The van der Waals surface area contributed by atoms with Crippen LogP contribution < -0.4 is 15.4 Å². The van der Waals surface area contributed by atoms with E-state index in [9.17, 15) is 8.42 Å². The number of nitrogens with zero attached hydrogens (tertiary/aromatic N) is 1. The molecule has 2 rings (SSSR count). The summed E-state index contributed by atoms with van der Waals surface area (Å²) in [4.78, 5) is 5.77. The molecule has 1 heterocycles. The molecule has 2 atom stereocenters. The molecule has 1 aliphatic heterocycles. The molecule has 0 radical (unpaired) electrons. The van der Waals surface area contributed by atoms with Gasteiger partial charge in [0.25, 0.3) is 0 Å². The van der Waals surface area contributed by atoms with E-state index in [1.807, 2.05) is 25.1 Å². The molecule has 0 aliphatic carbocycles. The normalized spacial score (nSPS) is 19.8. The first kappa shape index (κ1) is 24.4. The van der Waals surface area contributed by atoms with Crippen molar-refractivity contribution < 1.29 is 13.2 Å². The van der Waals surface area contributed by atoms with E-state index in [1.54, 1.807) is 18.9 Å². The van der Waals surface area contributed by atoms with Gasteiger partial charge in [-0.15, -0.1) is 35.7 Å².